The Labute approximate surface area is 114 Å². The van der Waals surface area contributed by atoms with Gasteiger partial charge < -0.3 is 16.0 Å². The number of likely N-dealkylation sites (N-methyl/N-ethyl adjacent to an activating group) is 1. The summed E-state index contributed by atoms with van der Waals surface area (Å²) in [5.74, 6) is -1.89. The summed E-state index contributed by atoms with van der Waals surface area (Å²) in [6.45, 7) is 2.12. The van der Waals surface area contributed by atoms with Crippen molar-refractivity contribution >= 4 is 17.5 Å². The Bertz CT molecular complexity index is 478. The molecule has 0 aliphatic carbocycles. The predicted molar refractivity (Wildman–Crippen MR) is 68.3 cm³/mol. The lowest BCUT2D eigenvalue weighted by Gasteiger charge is -2.18. The monoisotopic (exact) mass is 291 g/mol. The van der Waals surface area contributed by atoms with E-state index in [1.54, 1.807) is 0 Å². The number of alkyl halides is 3. The van der Waals surface area contributed by atoms with Crippen LogP contribution in [0.5, 0.6) is 0 Å². The number of nitrogens with zero attached hydrogens (tertiary/aromatic N) is 3. The van der Waals surface area contributed by atoms with E-state index in [9.17, 15) is 18.0 Å². The Kier molecular flexibility index (Phi) is 5.12. The summed E-state index contributed by atoms with van der Waals surface area (Å²) >= 11 is 0. The van der Waals surface area contributed by atoms with E-state index in [1.807, 2.05) is 6.92 Å². The molecule has 1 rings (SSSR count). The highest BCUT2D eigenvalue weighted by Crippen LogP contribution is 2.29. The van der Waals surface area contributed by atoms with Crippen LogP contribution in [0.15, 0.2) is 6.07 Å². The fourth-order valence-corrected chi connectivity index (χ4v) is 1.42. The maximum absolute atomic E-state index is 12.7. The summed E-state index contributed by atoms with van der Waals surface area (Å²) in [5, 5.41) is 2.76. The summed E-state index contributed by atoms with van der Waals surface area (Å²) in [6, 6.07) is 1.34. The molecule has 1 heterocycles. The van der Waals surface area contributed by atoms with E-state index < -0.39 is 17.9 Å². The highest BCUT2D eigenvalue weighted by atomic mass is 19.4. The zero-order valence-electron chi connectivity index (χ0n) is 11.2. The van der Waals surface area contributed by atoms with E-state index in [2.05, 4.69) is 15.3 Å². The van der Waals surface area contributed by atoms with Gasteiger partial charge in [0, 0.05) is 19.7 Å². The molecule has 0 aromatic carbocycles. The second-order valence-corrected chi connectivity index (χ2v) is 4.18. The molecule has 112 valence electrons. The second kappa shape index (κ2) is 6.40. The lowest BCUT2D eigenvalue weighted by molar-refractivity contribution is -0.144. The molecule has 0 saturated heterocycles. The molecule has 3 N–H and O–H groups in total. The normalized spacial score (nSPS) is 11.2. The molecule has 0 atom stereocenters. The van der Waals surface area contributed by atoms with Gasteiger partial charge in [-0.15, -0.1) is 0 Å². The molecule has 0 spiro atoms. The predicted octanol–water partition coefficient (Wildman–Crippen LogP) is 1.24. The number of rotatable bonds is 6. The summed E-state index contributed by atoms with van der Waals surface area (Å²) in [5.41, 5.74) is 5.01. The van der Waals surface area contributed by atoms with Gasteiger partial charge in [0.25, 0.3) is 0 Å². The zero-order valence-corrected chi connectivity index (χ0v) is 11.2. The van der Waals surface area contributed by atoms with Gasteiger partial charge in [0.15, 0.2) is 0 Å². The van der Waals surface area contributed by atoms with Gasteiger partial charge in [0.2, 0.25) is 11.7 Å². The highest BCUT2D eigenvalue weighted by molar-refractivity contribution is 5.79. The molecule has 0 fully saturated rings. The van der Waals surface area contributed by atoms with Gasteiger partial charge in [-0.05, 0) is 6.42 Å². The van der Waals surface area contributed by atoms with Crippen molar-refractivity contribution in [3.8, 4) is 0 Å². The number of aromatic nitrogens is 2. The van der Waals surface area contributed by atoms with Crippen LogP contribution in [0.25, 0.3) is 0 Å². The Morgan fingerprint density at radius 1 is 1.45 bits per heavy atom. The maximum atomic E-state index is 12.7. The summed E-state index contributed by atoms with van der Waals surface area (Å²) in [4.78, 5) is 18.9. The molecule has 6 nitrogen and oxygen atoms in total. The van der Waals surface area contributed by atoms with Crippen LogP contribution in [0.4, 0.5) is 24.8 Å². The lowest BCUT2D eigenvalue weighted by Crippen LogP contribution is -2.31. The Morgan fingerprint density at radius 2 is 2.10 bits per heavy atom. The van der Waals surface area contributed by atoms with E-state index in [0.717, 1.165) is 6.42 Å². The van der Waals surface area contributed by atoms with Gasteiger partial charge in [-0.2, -0.15) is 13.2 Å². The number of amides is 1. The molecule has 0 aliphatic heterocycles. The Balaban J connectivity index is 3.12. The minimum absolute atomic E-state index is 0.0234. The first kappa shape index (κ1) is 16.0. The number of nitrogens with one attached hydrogen (secondary N) is 1. The fourth-order valence-electron chi connectivity index (χ4n) is 1.42. The molecular weight excluding hydrogens is 275 g/mol. The number of carbonyl (C=O) groups excluding carboxylic acids is 1. The third-order valence-corrected chi connectivity index (χ3v) is 2.31. The second-order valence-electron chi connectivity index (χ2n) is 4.18. The molecule has 0 bridgehead atoms. The minimum Gasteiger partial charge on any atom is -0.370 e. The molecule has 1 aromatic rings. The fraction of sp³-hybridized carbons (Fsp3) is 0.545. The maximum Gasteiger partial charge on any atom is 0.451 e. The number of hydrogen-bond donors (Lipinski definition) is 2. The van der Waals surface area contributed by atoms with Crippen molar-refractivity contribution in [3.63, 3.8) is 0 Å². The Hall–Kier alpha value is -2.06. The van der Waals surface area contributed by atoms with Crippen molar-refractivity contribution in [1.82, 2.24) is 9.97 Å². The molecule has 1 amide bonds. The first-order valence-corrected chi connectivity index (χ1v) is 5.93. The van der Waals surface area contributed by atoms with Crippen molar-refractivity contribution in [2.45, 2.75) is 19.5 Å². The number of primary amides is 1. The van der Waals surface area contributed by atoms with Gasteiger partial charge in [0.1, 0.15) is 11.6 Å². The molecule has 0 saturated carbocycles. The molecular formula is C11H16F3N5O. The van der Waals surface area contributed by atoms with Gasteiger partial charge in [0.05, 0.1) is 6.54 Å². The van der Waals surface area contributed by atoms with Crippen LogP contribution in [0.3, 0.4) is 0 Å². The van der Waals surface area contributed by atoms with E-state index in [1.165, 1.54) is 18.0 Å². The van der Waals surface area contributed by atoms with Crippen LogP contribution in [0, 0.1) is 0 Å². The SMILES string of the molecule is CCCNc1cc(N(C)CC(N)=O)nc(C(F)(F)F)n1. The first-order valence-electron chi connectivity index (χ1n) is 5.93. The number of hydrogen-bond acceptors (Lipinski definition) is 5. The van der Waals surface area contributed by atoms with Gasteiger partial charge in [-0.3, -0.25) is 4.79 Å². The lowest BCUT2D eigenvalue weighted by atomic mass is 10.4. The topological polar surface area (TPSA) is 84.1 Å². The zero-order chi connectivity index (χ0) is 15.3. The van der Waals surface area contributed by atoms with Gasteiger partial charge in [-0.25, -0.2) is 9.97 Å². The average molecular weight is 291 g/mol. The van der Waals surface area contributed by atoms with Crippen LogP contribution < -0.4 is 16.0 Å². The highest BCUT2D eigenvalue weighted by Gasteiger charge is 2.35. The van der Waals surface area contributed by atoms with Crippen LogP contribution in [-0.4, -0.2) is 36.0 Å². The van der Waals surface area contributed by atoms with Crippen molar-refractivity contribution in [3.05, 3.63) is 11.9 Å². The van der Waals surface area contributed by atoms with Crippen LogP contribution >= 0.6 is 0 Å². The van der Waals surface area contributed by atoms with Gasteiger partial charge in [-0.1, -0.05) is 6.92 Å². The van der Waals surface area contributed by atoms with E-state index in [0.29, 0.717) is 6.54 Å². The van der Waals surface area contributed by atoms with E-state index in [-0.39, 0.29) is 18.2 Å². The minimum atomic E-state index is -4.66. The van der Waals surface area contributed by atoms with E-state index >= 15 is 0 Å². The van der Waals surface area contributed by atoms with Crippen molar-refractivity contribution < 1.29 is 18.0 Å². The first-order chi connectivity index (χ1) is 9.24. The number of halogens is 3. The quantitative estimate of drug-likeness (QED) is 0.823. The number of nitrogens with two attached hydrogens (primary N) is 1. The third-order valence-electron chi connectivity index (χ3n) is 2.31. The standard InChI is InChI=1S/C11H16F3N5O/c1-3-4-16-8-5-9(19(2)6-7(15)20)18-10(17-8)11(12,13)14/h5H,3-4,6H2,1-2H3,(H2,15,20)(H,16,17,18). The Morgan fingerprint density at radius 3 is 2.60 bits per heavy atom. The van der Waals surface area contributed by atoms with Crippen LogP contribution in [0.1, 0.15) is 19.2 Å². The van der Waals surface area contributed by atoms with Crippen LogP contribution in [-0.2, 0) is 11.0 Å². The van der Waals surface area contributed by atoms with Crippen LogP contribution in [0.2, 0.25) is 0 Å². The number of carbonyl (C=O) groups is 1. The molecule has 9 heteroatoms. The molecule has 20 heavy (non-hydrogen) atoms. The molecule has 0 aliphatic rings. The van der Waals surface area contributed by atoms with Gasteiger partial charge >= 0.3 is 6.18 Å². The third kappa shape index (κ3) is 4.56. The molecule has 0 radical (unpaired) electrons. The molecule has 1 aromatic heterocycles. The molecule has 0 unspecified atom stereocenters. The number of anilines is 2. The smallest absolute Gasteiger partial charge is 0.370 e. The van der Waals surface area contributed by atoms with E-state index in [4.69, 9.17) is 5.73 Å². The summed E-state index contributed by atoms with van der Waals surface area (Å²) < 4.78 is 38.2. The van der Waals surface area contributed by atoms with Crippen molar-refractivity contribution in [2.75, 3.05) is 30.4 Å². The largest absolute Gasteiger partial charge is 0.451 e. The van der Waals surface area contributed by atoms with Crippen molar-refractivity contribution in [1.29, 1.82) is 0 Å². The average Bonchev–Trinajstić information content (AvgIpc) is 2.34. The summed E-state index contributed by atoms with van der Waals surface area (Å²) in [7, 11) is 1.43. The summed E-state index contributed by atoms with van der Waals surface area (Å²) in [6.07, 6.45) is -3.93. The van der Waals surface area contributed by atoms with Crippen molar-refractivity contribution in [2.24, 2.45) is 5.73 Å².